The van der Waals surface area contributed by atoms with Gasteiger partial charge in [-0.1, -0.05) is 23.4 Å². The number of nitrogens with zero attached hydrogens (tertiary/aromatic N) is 3. The van der Waals surface area contributed by atoms with Gasteiger partial charge in [-0.25, -0.2) is 0 Å². The van der Waals surface area contributed by atoms with E-state index in [-0.39, 0.29) is 12.5 Å². The fraction of sp³-hybridized carbons (Fsp3) is 0.312. The molecule has 0 aliphatic rings. The zero-order valence-corrected chi connectivity index (χ0v) is 13.3. The molecule has 0 aliphatic heterocycles. The van der Waals surface area contributed by atoms with Crippen LogP contribution in [-0.2, 0) is 16.7 Å². The van der Waals surface area contributed by atoms with Crippen LogP contribution >= 0.6 is 0 Å². The molecule has 1 aromatic carbocycles. The third-order valence-corrected chi connectivity index (χ3v) is 3.27. The minimum atomic E-state index is -0.236. The second-order valence-electron chi connectivity index (χ2n) is 5.17. The highest BCUT2D eigenvalue weighted by molar-refractivity contribution is 5.98. The maximum Gasteiger partial charge on any atom is 0.265 e. The first-order valence-electron chi connectivity index (χ1n) is 6.99. The van der Waals surface area contributed by atoms with Gasteiger partial charge in [0.15, 0.2) is 6.61 Å². The summed E-state index contributed by atoms with van der Waals surface area (Å²) in [4.78, 5) is 17.0. The summed E-state index contributed by atoms with van der Waals surface area (Å²) in [6.45, 7) is 5.58. The molecular weight excluding hydrogens is 280 g/mol. The zero-order valence-electron chi connectivity index (χ0n) is 13.3. The van der Waals surface area contributed by atoms with Crippen molar-refractivity contribution in [1.29, 1.82) is 0 Å². The minimum absolute atomic E-state index is 0.134. The van der Waals surface area contributed by atoms with Crippen LogP contribution in [0.5, 0.6) is 0 Å². The Hall–Kier alpha value is -2.63. The van der Waals surface area contributed by atoms with Gasteiger partial charge in [0, 0.05) is 24.5 Å². The molecule has 116 valence electrons. The quantitative estimate of drug-likeness (QED) is 0.681. The predicted octanol–water partition coefficient (Wildman–Crippen LogP) is 2.42. The molecule has 0 bridgehead atoms. The molecule has 0 radical (unpaired) electrons. The number of carbonyl (C=O) groups is 1. The summed E-state index contributed by atoms with van der Waals surface area (Å²) in [6.07, 6.45) is 3.53. The SMILES string of the molecule is CC(=NOCC(=O)Nc1c(C)cccc1C)c1cnn(C)c1. The van der Waals surface area contributed by atoms with Crippen LogP contribution < -0.4 is 5.32 Å². The van der Waals surface area contributed by atoms with Crippen LogP contribution in [-0.4, -0.2) is 28.0 Å². The molecule has 0 saturated carbocycles. The summed E-state index contributed by atoms with van der Waals surface area (Å²) >= 11 is 0. The summed E-state index contributed by atoms with van der Waals surface area (Å²) in [5.74, 6) is -0.236. The van der Waals surface area contributed by atoms with E-state index in [2.05, 4.69) is 15.6 Å². The Bertz CT molecular complexity index is 684. The van der Waals surface area contributed by atoms with Gasteiger partial charge in [-0.05, 0) is 31.9 Å². The van der Waals surface area contributed by atoms with Crippen molar-refractivity contribution in [2.45, 2.75) is 20.8 Å². The van der Waals surface area contributed by atoms with Crippen LogP contribution in [0.3, 0.4) is 0 Å². The lowest BCUT2D eigenvalue weighted by molar-refractivity contribution is -0.120. The lowest BCUT2D eigenvalue weighted by Gasteiger charge is -2.10. The van der Waals surface area contributed by atoms with E-state index in [4.69, 9.17) is 4.84 Å². The normalized spacial score (nSPS) is 11.4. The number of para-hydroxylation sites is 1. The highest BCUT2D eigenvalue weighted by Gasteiger charge is 2.08. The third-order valence-electron chi connectivity index (χ3n) is 3.27. The first-order valence-corrected chi connectivity index (χ1v) is 6.99. The van der Waals surface area contributed by atoms with Crippen LogP contribution in [0.1, 0.15) is 23.6 Å². The Morgan fingerprint density at radius 3 is 2.64 bits per heavy atom. The number of benzene rings is 1. The number of hydrogen-bond donors (Lipinski definition) is 1. The number of oxime groups is 1. The minimum Gasteiger partial charge on any atom is -0.385 e. The molecule has 22 heavy (non-hydrogen) atoms. The van der Waals surface area contributed by atoms with E-state index in [9.17, 15) is 4.79 Å². The predicted molar refractivity (Wildman–Crippen MR) is 85.9 cm³/mol. The number of carbonyl (C=O) groups excluding carboxylic acids is 1. The van der Waals surface area contributed by atoms with Gasteiger partial charge in [0.1, 0.15) is 0 Å². The van der Waals surface area contributed by atoms with Gasteiger partial charge in [-0.15, -0.1) is 0 Å². The highest BCUT2D eigenvalue weighted by Crippen LogP contribution is 2.19. The number of anilines is 1. The number of amides is 1. The molecule has 0 spiro atoms. The molecular formula is C16H20N4O2. The van der Waals surface area contributed by atoms with E-state index >= 15 is 0 Å². The molecule has 0 fully saturated rings. The molecule has 1 amide bonds. The van der Waals surface area contributed by atoms with Crippen molar-refractivity contribution >= 4 is 17.3 Å². The number of hydrogen-bond acceptors (Lipinski definition) is 4. The van der Waals surface area contributed by atoms with E-state index in [0.29, 0.717) is 5.71 Å². The fourth-order valence-electron chi connectivity index (χ4n) is 2.04. The van der Waals surface area contributed by atoms with Gasteiger partial charge in [0.25, 0.3) is 5.91 Å². The summed E-state index contributed by atoms with van der Waals surface area (Å²) < 4.78 is 1.68. The summed E-state index contributed by atoms with van der Waals surface area (Å²) in [5, 5.41) is 10.8. The van der Waals surface area contributed by atoms with Gasteiger partial charge < -0.3 is 10.2 Å². The summed E-state index contributed by atoms with van der Waals surface area (Å²) in [5.41, 5.74) is 4.39. The van der Waals surface area contributed by atoms with Crippen molar-refractivity contribution in [3.63, 3.8) is 0 Å². The van der Waals surface area contributed by atoms with Crippen molar-refractivity contribution < 1.29 is 9.63 Å². The number of nitrogens with one attached hydrogen (secondary N) is 1. The number of rotatable bonds is 5. The van der Waals surface area contributed by atoms with E-state index in [0.717, 1.165) is 22.4 Å². The Morgan fingerprint density at radius 1 is 1.36 bits per heavy atom. The smallest absolute Gasteiger partial charge is 0.265 e. The first kappa shape index (κ1) is 15.8. The first-order chi connectivity index (χ1) is 10.5. The van der Waals surface area contributed by atoms with E-state index < -0.39 is 0 Å². The molecule has 6 heteroatoms. The molecule has 2 rings (SSSR count). The van der Waals surface area contributed by atoms with Crippen molar-refractivity contribution in [3.8, 4) is 0 Å². The van der Waals surface area contributed by atoms with E-state index in [1.165, 1.54) is 0 Å². The topological polar surface area (TPSA) is 68.5 Å². The van der Waals surface area contributed by atoms with Crippen LogP contribution in [0.4, 0.5) is 5.69 Å². The average Bonchev–Trinajstić information content (AvgIpc) is 2.90. The molecule has 1 heterocycles. The fourth-order valence-corrected chi connectivity index (χ4v) is 2.04. The maximum atomic E-state index is 11.9. The lowest BCUT2D eigenvalue weighted by atomic mass is 10.1. The third kappa shape index (κ3) is 3.94. The molecule has 0 unspecified atom stereocenters. The van der Waals surface area contributed by atoms with Crippen molar-refractivity contribution in [3.05, 3.63) is 47.3 Å². The Morgan fingerprint density at radius 2 is 2.05 bits per heavy atom. The molecule has 0 atom stereocenters. The van der Waals surface area contributed by atoms with E-state index in [1.807, 2.05) is 45.3 Å². The van der Waals surface area contributed by atoms with Gasteiger partial charge in [-0.2, -0.15) is 5.10 Å². The van der Waals surface area contributed by atoms with Crippen LogP contribution in [0.15, 0.2) is 35.7 Å². The van der Waals surface area contributed by atoms with E-state index in [1.54, 1.807) is 17.8 Å². The number of aromatic nitrogens is 2. The number of aryl methyl sites for hydroxylation is 3. The molecule has 1 N–H and O–H groups in total. The van der Waals surface area contributed by atoms with Crippen LogP contribution in [0, 0.1) is 13.8 Å². The summed E-state index contributed by atoms with van der Waals surface area (Å²) in [6, 6.07) is 5.86. The Kier molecular flexibility index (Phi) is 4.93. The molecule has 0 saturated heterocycles. The maximum absolute atomic E-state index is 11.9. The molecule has 2 aromatic rings. The van der Waals surface area contributed by atoms with Crippen molar-refractivity contribution in [2.24, 2.45) is 12.2 Å². The lowest BCUT2D eigenvalue weighted by Crippen LogP contribution is -2.18. The van der Waals surface area contributed by atoms with Crippen molar-refractivity contribution in [2.75, 3.05) is 11.9 Å². The van der Waals surface area contributed by atoms with Gasteiger partial charge in [0.2, 0.25) is 0 Å². The largest absolute Gasteiger partial charge is 0.385 e. The standard InChI is InChI=1S/C16H20N4O2/c1-11-6-5-7-12(2)16(11)18-15(21)10-22-19-13(3)14-8-17-20(4)9-14/h5-9H,10H2,1-4H3,(H,18,21). The molecule has 1 aromatic heterocycles. The van der Waals surface area contributed by atoms with Gasteiger partial charge >= 0.3 is 0 Å². The van der Waals surface area contributed by atoms with Crippen LogP contribution in [0.25, 0.3) is 0 Å². The summed E-state index contributed by atoms with van der Waals surface area (Å²) in [7, 11) is 1.83. The van der Waals surface area contributed by atoms with Gasteiger partial charge in [-0.3, -0.25) is 9.48 Å². The Balaban J connectivity index is 1.91. The van der Waals surface area contributed by atoms with Crippen LogP contribution in [0.2, 0.25) is 0 Å². The second-order valence-corrected chi connectivity index (χ2v) is 5.17. The van der Waals surface area contributed by atoms with Gasteiger partial charge in [0.05, 0.1) is 11.9 Å². The average molecular weight is 300 g/mol. The zero-order chi connectivity index (χ0) is 16.1. The van der Waals surface area contributed by atoms with Crippen molar-refractivity contribution in [1.82, 2.24) is 9.78 Å². The molecule has 6 nitrogen and oxygen atoms in total. The monoisotopic (exact) mass is 300 g/mol. The molecule has 0 aliphatic carbocycles. The highest BCUT2D eigenvalue weighted by atomic mass is 16.6. The second kappa shape index (κ2) is 6.89. The Labute approximate surface area is 129 Å².